The van der Waals surface area contributed by atoms with Crippen LogP contribution >= 0.6 is 0 Å². The maximum Gasteiger partial charge on any atom is 0.341 e. The van der Waals surface area contributed by atoms with Gasteiger partial charge >= 0.3 is 11.9 Å². The summed E-state index contributed by atoms with van der Waals surface area (Å²) in [6.45, 7) is 3.61. The zero-order valence-electron chi connectivity index (χ0n) is 11.4. The first-order chi connectivity index (χ1) is 9.13. The van der Waals surface area contributed by atoms with E-state index in [1.165, 1.54) is 0 Å². The Morgan fingerprint density at radius 3 is 2.42 bits per heavy atom. The topological polar surface area (TPSA) is 52.6 Å². The molecule has 0 saturated carbocycles. The SMILES string of the molecule is CCCCCC(=O)OC(C)OC(=O)c1ccccc1. The molecule has 0 aliphatic heterocycles. The Balaban J connectivity index is 2.33. The van der Waals surface area contributed by atoms with Crippen LogP contribution in [0.5, 0.6) is 0 Å². The smallest absolute Gasteiger partial charge is 0.341 e. The molecule has 0 fully saturated rings. The summed E-state index contributed by atoms with van der Waals surface area (Å²) in [5.74, 6) is -0.823. The van der Waals surface area contributed by atoms with Gasteiger partial charge in [0, 0.05) is 13.3 Å². The molecule has 4 nitrogen and oxygen atoms in total. The second kappa shape index (κ2) is 8.29. The zero-order valence-corrected chi connectivity index (χ0v) is 11.4. The molecule has 0 amide bonds. The molecule has 104 valence electrons. The molecule has 1 unspecified atom stereocenters. The van der Waals surface area contributed by atoms with Crippen molar-refractivity contribution in [2.75, 3.05) is 0 Å². The lowest BCUT2D eigenvalue weighted by Crippen LogP contribution is -2.21. The molecule has 0 aliphatic carbocycles. The van der Waals surface area contributed by atoms with E-state index in [1.54, 1.807) is 31.2 Å². The van der Waals surface area contributed by atoms with Crippen LogP contribution in [0.25, 0.3) is 0 Å². The summed E-state index contributed by atoms with van der Waals surface area (Å²) in [6.07, 6.45) is 2.34. The molecular formula is C15H20O4. The number of hydrogen-bond acceptors (Lipinski definition) is 4. The fraction of sp³-hybridized carbons (Fsp3) is 0.467. The normalized spacial score (nSPS) is 11.7. The lowest BCUT2D eigenvalue weighted by atomic mass is 10.2. The number of esters is 2. The van der Waals surface area contributed by atoms with Crippen LogP contribution in [0.2, 0.25) is 0 Å². The summed E-state index contributed by atoms with van der Waals surface area (Å²) in [7, 11) is 0. The van der Waals surface area contributed by atoms with Crippen molar-refractivity contribution >= 4 is 11.9 Å². The van der Waals surface area contributed by atoms with Crippen LogP contribution in [0.1, 0.15) is 49.9 Å². The lowest BCUT2D eigenvalue weighted by Gasteiger charge is -2.14. The highest BCUT2D eigenvalue weighted by Gasteiger charge is 2.14. The molecule has 1 aromatic rings. The van der Waals surface area contributed by atoms with Crippen LogP contribution in [0.15, 0.2) is 30.3 Å². The van der Waals surface area contributed by atoms with Crippen LogP contribution in [0, 0.1) is 0 Å². The van der Waals surface area contributed by atoms with Crippen LogP contribution in [0.3, 0.4) is 0 Å². The van der Waals surface area contributed by atoms with Gasteiger partial charge in [-0.05, 0) is 18.6 Å². The Morgan fingerprint density at radius 1 is 1.11 bits per heavy atom. The molecule has 0 heterocycles. The molecule has 1 rings (SSSR count). The highest BCUT2D eigenvalue weighted by Crippen LogP contribution is 2.07. The Labute approximate surface area is 113 Å². The highest BCUT2D eigenvalue weighted by atomic mass is 16.7. The second-order valence-electron chi connectivity index (χ2n) is 4.29. The largest absolute Gasteiger partial charge is 0.425 e. The Kier molecular flexibility index (Phi) is 6.64. The summed E-state index contributed by atoms with van der Waals surface area (Å²) in [4.78, 5) is 23.1. The van der Waals surface area contributed by atoms with Gasteiger partial charge in [-0.15, -0.1) is 0 Å². The number of hydrogen-bond donors (Lipinski definition) is 0. The van der Waals surface area contributed by atoms with Crippen LogP contribution in [-0.4, -0.2) is 18.2 Å². The van der Waals surface area contributed by atoms with E-state index >= 15 is 0 Å². The fourth-order valence-corrected chi connectivity index (χ4v) is 1.58. The standard InChI is InChI=1S/C15H20O4/c1-3-4-6-11-14(16)18-12(2)19-15(17)13-9-7-5-8-10-13/h5,7-10,12H,3-4,6,11H2,1-2H3. The first kappa shape index (κ1) is 15.2. The van der Waals surface area contributed by atoms with Crippen molar-refractivity contribution in [3.8, 4) is 0 Å². The van der Waals surface area contributed by atoms with Gasteiger partial charge in [-0.25, -0.2) is 4.79 Å². The molecule has 19 heavy (non-hydrogen) atoms. The van der Waals surface area contributed by atoms with Gasteiger partial charge in [-0.3, -0.25) is 4.79 Å². The molecule has 1 aromatic carbocycles. The van der Waals surface area contributed by atoms with E-state index in [1.807, 2.05) is 6.07 Å². The Morgan fingerprint density at radius 2 is 1.79 bits per heavy atom. The molecule has 0 N–H and O–H groups in total. The summed E-state index contributed by atoms with van der Waals surface area (Å²) in [5.41, 5.74) is 0.441. The first-order valence-corrected chi connectivity index (χ1v) is 6.59. The summed E-state index contributed by atoms with van der Waals surface area (Å²) < 4.78 is 10.0. The summed E-state index contributed by atoms with van der Waals surface area (Å²) in [6, 6.07) is 8.61. The van der Waals surface area contributed by atoms with Crippen molar-refractivity contribution in [2.24, 2.45) is 0 Å². The number of carbonyl (C=O) groups is 2. The Bertz CT molecular complexity index is 400. The second-order valence-corrected chi connectivity index (χ2v) is 4.29. The zero-order chi connectivity index (χ0) is 14.1. The number of ether oxygens (including phenoxy) is 2. The molecule has 0 aromatic heterocycles. The van der Waals surface area contributed by atoms with E-state index in [2.05, 4.69) is 6.92 Å². The minimum atomic E-state index is -0.859. The molecule has 1 atom stereocenters. The average Bonchev–Trinajstić information content (AvgIpc) is 2.39. The predicted molar refractivity (Wildman–Crippen MR) is 71.6 cm³/mol. The van der Waals surface area contributed by atoms with Gasteiger partial charge in [-0.1, -0.05) is 38.0 Å². The Hall–Kier alpha value is -1.84. The van der Waals surface area contributed by atoms with Gasteiger partial charge in [0.2, 0.25) is 6.29 Å². The van der Waals surface area contributed by atoms with Gasteiger partial charge in [-0.2, -0.15) is 0 Å². The number of unbranched alkanes of at least 4 members (excludes halogenated alkanes) is 2. The van der Waals surface area contributed by atoms with E-state index < -0.39 is 12.3 Å². The monoisotopic (exact) mass is 264 g/mol. The van der Waals surface area contributed by atoms with Crippen molar-refractivity contribution in [3.63, 3.8) is 0 Å². The quantitative estimate of drug-likeness (QED) is 0.430. The summed E-state index contributed by atoms with van der Waals surface area (Å²) >= 11 is 0. The number of rotatable bonds is 7. The third-order valence-electron chi connectivity index (χ3n) is 2.56. The molecule has 0 radical (unpaired) electrons. The molecule has 0 saturated heterocycles. The molecule has 0 spiro atoms. The van der Waals surface area contributed by atoms with Gasteiger partial charge in [0.05, 0.1) is 5.56 Å². The third kappa shape index (κ3) is 6.04. The van der Waals surface area contributed by atoms with Gasteiger partial charge in [0.15, 0.2) is 0 Å². The number of benzene rings is 1. The third-order valence-corrected chi connectivity index (χ3v) is 2.56. The van der Waals surface area contributed by atoms with Crippen molar-refractivity contribution in [1.82, 2.24) is 0 Å². The van der Waals surface area contributed by atoms with E-state index in [0.717, 1.165) is 19.3 Å². The number of carbonyl (C=O) groups excluding carboxylic acids is 2. The average molecular weight is 264 g/mol. The minimum absolute atomic E-state index is 0.332. The molecule has 0 bridgehead atoms. The van der Waals surface area contributed by atoms with E-state index in [0.29, 0.717) is 12.0 Å². The van der Waals surface area contributed by atoms with Crippen LogP contribution in [0.4, 0.5) is 0 Å². The lowest BCUT2D eigenvalue weighted by molar-refractivity contribution is -0.165. The van der Waals surface area contributed by atoms with E-state index in [-0.39, 0.29) is 5.97 Å². The van der Waals surface area contributed by atoms with Gasteiger partial charge in [0.25, 0.3) is 0 Å². The molecule has 4 heteroatoms. The predicted octanol–water partition coefficient (Wildman–Crippen LogP) is 3.31. The van der Waals surface area contributed by atoms with Crippen molar-refractivity contribution in [3.05, 3.63) is 35.9 Å². The molecular weight excluding hydrogens is 244 g/mol. The first-order valence-electron chi connectivity index (χ1n) is 6.59. The van der Waals surface area contributed by atoms with Gasteiger partial charge < -0.3 is 9.47 Å². The molecule has 0 aliphatic rings. The van der Waals surface area contributed by atoms with Crippen molar-refractivity contribution in [2.45, 2.75) is 45.8 Å². The van der Waals surface area contributed by atoms with E-state index in [9.17, 15) is 9.59 Å². The van der Waals surface area contributed by atoms with Crippen molar-refractivity contribution < 1.29 is 19.1 Å². The van der Waals surface area contributed by atoms with Gasteiger partial charge in [0.1, 0.15) is 0 Å². The van der Waals surface area contributed by atoms with E-state index in [4.69, 9.17) is 9.47 Å². The van der Waals surface area contributed by atoms with Crippen LogP contribution < -0.4 is 0 Å². The highest BCUT2D eigenvalue weighted by molar-refractivity contribution is 5.89. The van der Waals surface area contributed by atoms with Crippen LogP contribution in [-0.2, 0) is 14.3 Å². The minimum Gasteiger partial charge on any atom is -0.425 e. The maximum atomic E-state index is 11.7. The fourth-order valence-electron chi connectivity index (χ4n) is 1.58. The summed E-state index contributed by atoms with van der Waals surface area (Å²) in [5, 5.41) is 0. The maximum absolute atomic E-state index is 11.7. The van der Waals surface area contributed by atoms with Crippen molar-refractivity contribution in [1.29, 1.82) is 0 Å².